The Morgan fingerprint density at radius 1 is 0.397 bits per heavy atom. The molecule has 0 spiro atoms. The molecule has 14 rings (SSSR count). The molecule has 136 heavy (non-hydrogen) atoms. The number of imide groups is 4. The second-order valence-electron chi connectivity index (χ2n) is 34.5. The third-order valence-corrected chi connectivity index (χ3v) is 24.5. The number of unbranched alkanes of at least 4 members (excludes halogenated alkanes) is 5. The van der Waals surface area contributed by atoms with E-state index in [1.807, 2.05) is 101 Å². The molecule has 0 fully saturated rings. The summed E-state index contributed by atoms with van der Waals surface area (Å²) >= 11 is 0. The number of nitrogens with zero attached hydrogens (tertiary/aromatic N) is 5. The molecule has 9 aromatic carbocycles. The lowest BCUT2D eigenvalue weighted by atomic mass is 9.82. The van der Waals surface area contributed by atoms with Gasteiger partial charge in [0, 0.05) is 79.6 Å². The molecule has 31 heteroatoms. The van der Waals surface area contributed by atoms with Crippen LogP contribution >= 0.6 is 0 Å². The van der Waals surface area contributed by atoms with Gasteiger partial charge in [-0.15, -0.1) is 0 Å². The molecular formula is C105H112N13O18+. The number of hydrazone groups is 1. The van der Waals surface area contributed by atoms with Crippen molar-refractivity contribution in [1.82, 2.24) is 35.7 Å². The minimum absolute atomic E-state index is 0.0121. The van der Waals surface area contributed by atoms with E-state index < -0.39 is 69.9 Å². The highest BCUT2D eigenvalue weighted by molar-refractivity contribution is 6.69. The molecule has 1 atom stereocenters. The zero-order valence-corrected chi connectivity index (χ0v) is 77.0. The first kappa shape index (κ1) is 96.6. The molecule has 9 aromatic rings. The van der Waals surface area contributed by atoms with Crippen LogP contribution in [-0.2, 0) is 0 Å². The molecule has 1 aliphatic carbocycles. The lowest BCUT2D eigenvalue weighted by Gasteiger charge is -2.34. The van der Waals surface area contributed by atoms with Crippen molar-refractivity contribution in [3.8, 4) is 34.5 Å². The van der Waals surface area contributed by atoms with E-state index in [0.29, 0.717) is 106 Å². The van der Waals surface area contributed by atoms with Crippen molar-refractivity contribution < 1.29 is 91.3 Å². The lowest BCUT2D eigenvalue weighted by molar-refractivity contribution is -0.617. The van der Waals surface area contributed by atoms with E-state index in [-0.39, 0.29) is 221 Å². The lowest BCUT2D eigenvalue weighted by Crippen LogP contribution is -2.87. The van der Waals surface area contributed by atoms with Crippen molar-refractivity contribution in [1.29, 1.82) is 5.41 Å². The van der Waals surface area contributed by atoms with Gasteiger partial charge in [-0.2, -0.15) is 5.10 Å². The zero-order valence-electron chi connectivity index (χ0n) is 77.0. The highest BCUT2D eigenvalue weighted by Gasteiger charge is 2.45. The number of carbonyl (C=O) groups is 12. The number of benzene rings is 9. The van der Waals surface area contributed by atoms with Gasteiger partial charge in [-0.05, 0) is 195 Å². The third-order valence-electron chi connectivity index (χ3n) is 24.5. The van der Waals surface area contributed by atoms with Crippen LogP contribution in [0.4, 0.5) is 17.1 Å². The number of allylic oxidation sites excluding steroid dienone is 2. The van der Waals surface area contributed by atoms with Crippen LogP contribution in [0.15, 0.2) is 205 Å². The number of hydrogen-bond acceptors (Lipinski definition) is 24. The summed E-state index contributed by atoms with van der Waals surface area (Å²) in [6.45, 7) is 10.3. The molecule has 1 unspecified atom stereocenters. The van der Waals surface area contributed by atoms with Crippen LogP contribution in [0.25, 0.3) is 11.1 Å². The van der Waals surface area contributed by atoms with E-state index in [2.05, 4.69) is 21.4 Å². The Kier molecular flexibility index (Phi) is 31.2. The quantitative estimate of drug-likeness (QED) is 0.00438. The molecule has 4 aliphatic heterocycles. The maximum atomic E-state index is 14.3. The Morgan fingerprint density at radius 3 is 1.12 bits per heavy atom. The van der Waals surface area contributed by atoms with Gasteiger partial charge < -0.3 is 66.6 Å². The molecule has 704 valence electrons. The molecule has 11 N–H and O–H groups in total. The van der Waals surface area contributed by atoms with E-state index in [1.54, 1.807) is 48.5 Å². The first-order chi connectivity index (χ1) is 65.9. The number of hydrogen-bond donors (Lipinski definition) is 8. The van der Waals surface area contributed by atoms with Crippen molar-refractivity contribution in [2.45, 2.75) is 112 Å². The predicted molar refractivity (Wildman–Crippen MR) is 513 cm³/mol. The second kappa shape index (κ2) is 44.0. The average molecular weight is 1840 g/mol. The number of anilines is 3. The smallest absolute Gasteiger partial charge is 0.261 e. The summed E-state index contributed by atoms with van der Waals surface area (Å²) in [6.07, 6.45) is 8.26. The molecule has 4 heterocycles. The number of fused-ring (bicyclic) bond motifs is 4. The summed E-state index contributed by atoms with van der Waals surface area (Å²) in [5, 5.41) is 27.2. The fraction of sp³-hybridized carbons (Fsp3) is 0.314. The fourth-order valence-electron chi connectivity index (χ4n) is 16.5. The van der Waals surface area contributed by atoms with E-state index in [1.165, 1.54) is 105 Å². The van der Waals surface area contributed by atoms with E-state index >= 15 is 0 Å². The Hall–Kier alpha value is -15.4. The number of quaternary nitrogens is 1. The van der Waals surface area contributed by atoms with Crippen LogP contribution in [0.5, 0.6) is 34.5 Å². The topological polar surface area (TPSA) is 426 Å². The van der Waals surface area contributed by atoms with E-state index in [9.17, 15) is 62.9 Å². The van der Waals surface area contributed by atoms with Gasteiger partial charge in [0.15, 0.2) is 18.3 Å². The standard InChI is InChI=1S/C105H111N13O18/c1-7-13-44-110-95(122)83-50-73(34-28-68(83)56-120)132-60-104(59-131-72-33-27-67(55-119)82(49-72)94(121)109-43-12-6,61-133-74-35-39-78-84(51-74)100(127)115(96(78)123)45-14-8-2)57-111-92-89(66-25-31-71(32-26-66)113-70-21-19-18-20-22-70)93(91(108)88(90(92)107)65-23-29-69(106)30-24-65)114-112-58-105(62-134-75-36-40-79-85(52-75)101(128)116(97(79)124)46-15-9-3,63-135-76-37-41-80-86(53-76)102(129)117(98(80)125)47-16-10-4)64-136-77-38-42-81-87(54-77)103(130)118(99(81)126)48-17-11-5/h18-42,49-56,108,111-113H,7-17,43-48,57-64,106-107H2,1-6H3,(H,109,121)(H,110,122)/p+1. The van der Waals surface area contributed by atoms with Crippen LogP contribution in [0.1, 0.15) is 248 Å². The van der Waals surface area contributed by atoms with Gasteiger partial charge in [-0.1, -0.05) is 116 Å². The Balaban J connectivity index is 0.946. The van der Waals surface area contributed by atoms with E-state index in [0.717, 1.165) is 12.1 Å². The Bertz CT molecular complexity index is 5990. The second-order valence-corrected chi connectivity index (χ2v) is 34.5. The molecule has 0 radical (unpaired) electrons. The van der Waals surface area contributed by atoms with Gasteiger partial charge in [-0.25, -0.2) is 0 Å². The highest BCUT2D eigenvalue weighted by atomic mass is 16.5. The van der Waals surface area contributed by atoms with Crippen LogP contribution in [-0.4, -0.2) is 195 Å². The maximum absolute atomic E-state index is 14.3. The molecule has 0 aromatic heterocycles. The van der Waals surface area contributed by atoms with Gasteiger partial charge >= 0.3 is 0 Å². The van der Waals surface area contributed by atoms with Gasteiger partial charge in [-0.3, -0.25) is 82.5 Å². The number of carbonyl (C=O) groups excluding carboxylic acids is 12. The van der Waals surface area contributed by atoms with Crippen molar-refractivity contribution in [2.24, 2.45) is 21.7 Å². The number of nitrogens with two attached hydrogens (primary N) is 3. The number of nitrogens with one attached hydrogen (secondary N) is 5. The molecular weight excluding hydrogens is 1730 g/mol. The SMILES string of the molecule is CCCCNC(=O)c1cc(OCC(C[NH2+]C2=C(c3ccc(Nc4ccccc4)cc3)C(=NNCC(COc3ccc4c(c3)C(=O)N(CCCC)C4=O)(COc3ccc4c(c3)C(=O)N(CCCC)C4=O)COc3ccc4c(c3)C(=O)N(CCCC)C4=O)C(=N)C(c3ccc(N)cc3)=C2N)(COc2ccc(C=O)c(C(=O)NCCC)c2)COc2ccc3c(c2)C(=O)N(CCCC)C3=O)ccc1C=O. The highest BCUT2D eigenvalue weighted by Crippen LogP contribution is 2.40. The molecule has 0 saturated carbocycles. The summed E-state index contributed by atoms with van der Waals surface area (Å²) in [7, 11) is 0. The normalized spacial score (nSPS) is 14.7. The monoisotopic (exact) mass is 1840 g/mol. The van der Waals surface area contributed by atoms with Gasteiger partial charge in [0.1, 0.15) is 91.0 Å². The maximum Gasteiger partial charge on any atom is 0.261 e. The number of nitrogen functional groups attached to an aromatic ring is 1. The van der Waals surface area contributed by atoms with Crippen LogP contribution in [0.3, 0.4) is 0 Å². The molecule has 31 nitrogen and oxygen atoms in total. The van der Waals surface area contributed by atoms with Crippen molar-refractivity contribution in [2.75, 3.05) is 103 Å². The Morgan fingerprint density at radius 2 is 0.743 bits per heavy atom. The summed E-state index contributed by atoms with van der Waals surface area (Å²) in [6, 6.07) is 50.8. The number of amides is 10. The number of para-hydroxylation sites is 1. The number of ether oxygens (including phenoxy) is 6. The third kappa shape index (κ3) is 21.4. The first-order valence-corrected chi connectivity index (χ1v) is 46.2. The van der Waals surface area contributed by atoms with Crippen LogP contribution in [0.2, 0.25) is 0 Å². The minimum Gasteiger partial charge on any atom is -0.493 e. The predicted octanol–water partition coefficient (Wildman–Crippen LogP) is 14.0. The van der Waals surface area contributed by atoms with Crippen molar-refractivity contribution in [3.05, 3.63) is 277 Å². The summed E-state index contributed by atoms with van der Waals surface area (Å²) in [5.41, 5.74) is 19.1. The summed E-state index contributed by atoms with van der Waals surface area (Å²) in [4.78, 5) is 171. The summed E-state index contributed by atoms with van der Waals surface area (Å²) < 4.78 is 41.5. The average Bonchev–Trinajstić information content (AvgIpc) is 1.24. The van der Waals surface area contributed by atoms with Crippen molar-refractivity contribution >= 4 is 111 Å². The summed E-state index contributed by atoms with van der Waals surface area (Å²) in [5.74, 6) is -4.08. The van der Waals surface area contributed by atoms with Crippen molar-refractivity contribution in [3.63, 3.8) is 0 Å². The van der Waals surface area contributed by atoms with Gasteiger partial charge in [0.25, 0.3) is 59.1 Å². The van der Waals surface area contributed by atoms with Gasteiger partial charge in [0.2, 0.25) is 0 Å². The van der Waals surface area contributed by atoms with Gasteiger partial charge in [0.05, 0.1) is 78.9 Å². The Labute approximate surface area is 788 Å². The number of rotatable bonds is 49. The zero-order chi connectivity index (χ0) is 96.3. The first-order valence-electron chi connectivity index (χ1n) is 46.2. The van der Waals surface area contributed by atoms with E-state index in [4.69, 9.17) is 45.0 Å². The van der Waals surface area contributed by atoms with Crippen LogP contribution < -0.4 is 66.6 Å². The fourth-order valence-corrected chi connectivity index (χ4v) is 16.5. The number of aldehydes is 2. The molecule has 0 bridgehead atoms. The molecule has 10 amide bonds. The minimum atomic E-state index is -1.57. The largest absolute Gasteiger partial charge is 0.493 e. The molecule has 0 saturated heterocycles. The molecule has 5 aliphatic rings. The van der Waals surface area contributed by atoms with Crippen LogP contribution in [0, 0.1) is 16.2 Å².